The number of rotatable bonds is 7. The molecule has 0 saturated heterocycles. The summed E-state index contributed by atoms with van der Waals surface area (Å²) in [6.07, 6.45) is 5.55. The van der Waals surface area contributed by atoms with E-state index >= 15 is 0 Å². The standard InChI is InChI=1S/C22H23Cl2N3S/c1-3-10-27(13-15-8-9-25-20(11-15)16-4-5-16)22-26-21(14(2)28-22)18-7-6-17(23)12-19(18)24/h6-9,11-12,16H,3-5,10,13H2,1-2H3. The molecule has 0 unspecified atom stereocenters. The van der Waals surface area contributed by atoms with Gasteiger partial charge in [-0.25, -0.2) is 4.98 Å². The minimum absolute atomic E-state index is 0.637. The second-order valence-corrected chi connectivity index (χ2v) is 9.34. The zero-order chi connectivity index (χ0) is 19.7. The summed E-state index contributed by atoms with van der Waals surface area (Å²) >= 11 is 14.2. The monoisotopic (exact) mass is 431 g/mol. The molecule has 2 heterocycles. The largest absolute Gasteiger partial charge is 0.344 e. The molecule has 1 aliphatic rings. The summed E-state index contributed by atoms with van der Waals surface area (Å²) in [5, 5.41) is 2.31. The van der Waals surface area contributed by atoms with E-state index in [1.165, 1.54) is 24.1 Å². The van der Waals surface area contributed by atoms with E-state index in [1.807, 2.05) is 18.3 Å². The van der Waals surface area contributed by atoms with Crippen molar-refractivity contribution in [1.29, 1.82) is 0 Å². The second-order valence-electron chi connectivity index (χ2n) is 7.31. The maximum absolute atomic E-state index is 6.43. The molecule has 3 aromatic rings. The number of nitrogens with zero attached hydrogens (tertiary/aromatic N) is 3. The maximum Gasteiger partial charge on any atom is 0.186 e. The molecule has 1 aliphatic carbocycles. The van der Waals surface area contributed by atoms with Crippen LogP contribution in [0.2, 0.25) is 10.0 Å². The van der Waals surface area contributed by atoms with Gasteiger partial charge in [0.15, 0.2) is 5.13 Å². The van der Waals surface area contributed by atoms with E-state index in [1.54, 1.807) is 17.4 Å². The van der Waals surface area contributed by atoms with Crippen molar-refractivity contribution in [3.8, 4) is 11.3 Å². The zero-order valence-corrected chi connectivity index (χ0v) is 18.4. The van der Waals surface area contributed by atoms with Crippen LogP contribution in [0.15, 0.2) is 36.5 Å². The third-order valence-corrected chi connectivity index (χ3v) is 6.53. The van der Waals surface area contributed by atoms with Crippen LogP contribution in [-0.2, 0) is 6.54 Å². The topological polar surface area (TPSA) is 29.0 Å². The van der Waals surface area contributed by atoms with Crippen molar-refractivity contribution in [1.82, 2.24) is 9.97 Å². The highest BCUT2D eigenvalue weighted by Crippen LogP contribution is 2.40. The molecule has 28 heavy (non-hydrogen) atoms. The van der Waals surface area contributed by atoms with E-state index in [-0.39, 0.29) is 0 Å². The quantitative estimate of drug-likeness (QED) is 0.398. The van der Waals surface area contributed by atoms with E-state index in [2.05, 4.69) is 35.9 Å². The average Bonchev–Trinajstić information content (AvgIpc) is 3.45. The van der Waals surface area contributed by atoms with Crippen molar-refractivity contribution in [2.75, 3.05) is 11.4 Å². The van der Waals surface area contributed by atoms with Crippen LogP contribution in [-0.4, -0.2) is 16.5 Å². The SMILES string of the molecule is CCCN(Cc1ccnc(C2CC2)c1)c1nc(-c2ccc(Cl)cc2Cl)c(C)s1. The van der Waals surface area contributed by atoms with E-state index in [9.17, 15) is 0 Å². The van der Waals surface area contributed by atoms with Crippen LogP contribution >= 0.6 is 34.5 Å². The number of pyridine rings is 1. The normalized spacial score (nSPS) is 13.7. The summed E-state index contributed by atoms with van der Waals surface area (Å²) in [6.45, 7) is 6.11. The van der Waals surface area contributed by atoms with Gasteiger partial charge in [0.05, 0.1) is 10.7 Å². The number of hydrogen-bond acceptors (Lipinski definition) is 4. The number of halogens is 2. The molecule has 0 bridgehead atoms. The Hall–Kier alpha value is -1.62. The molecule has 4 rings (SSSR count). The van der Waals surface area contributed by atoms with E-state index < -0.39 is 0 Å². The lowest BCUT2D eigenvalue weighted by Crippen LogP contribution is -2.23. The highest BCUT2D eigenvalue weighted by molar-refractivity contribution is 7.16. The van der Waals surface area contributed by atoms with Gasteiger partial charge in [-0.15, -0.1) is 11.3 Å². The predicted octanol–water partition coefficient (Wildman–Crippen LogP) is 7.11. The first kappa shape index (κ1) is 19.7. The first-order valence-electron chi connectivity index (χ1n) is 9.67. The van der Waals surface area contributed by atoms with Gasteiger partial charge in [0.25, 0.3) is 0 Å². The first-order valence-corrected chi connectivity index (χ1v) is 11.2. The molecule has 0 spiro atoms. The van der Waals surface area contributed by atoms with Gasteiger partial charge < -0.3 is 4.90 Å². The van der Waals surface area contributed by atoms with Gasteiger partial charge in [0.2, 0.25) is 0 Å². The van der Waals surface area contributed by atoms with Crippen LogP contribution in [0.25, 0.3) is 11.3 Å². The number of aromatic nitrogens is 2. The molecular weight excluding hydrogens is 409 g/mol. The summed E-state index contributed by atoms with van der Waals surface area (Å²) in [5.41, 5.74) is 4.40. The minimum atomic E-state index is 0.637. The van der Waals surface area contributed by atoms with Crippen molar-refractivity contribution in [3.05, 3.63) is 62.7 Å². The number of aryl methyl sites for hydroxylation is 1. The molecule has 0 aliphatic heterocycles. The summed E-state index contributed by atoms with van der Waals surface area (Å²) in [5.74, 6) is 0.667. The fraction of sp³-hybridized carbons (Fsp3) is 0.364. The Balaban J connectivity index is 1.62. The average molecular weight is 432 g/mol. The smallest absolute Gasteiger partial charge is 0.186 e. The molecule has 1 fully saturated rings. The molecule has 1 aromatic carbocycles. The molecule has 0 amide bonds. The molecule has 3 nitrogen and oxygen atoms in total. The second kappa shape index (κ2) is 8.40. The van der Waals surface area contributed by atoms with Crippen molar-refractivity contribution < 1.29 is 0 Å². The highest BCUT2D eigenvalue weighted by atomic mass is 35.5. The Morgan fingerprint density at radius 1 is 1.18 bits per heavy atom. The number of hydrogen-bond donors (Lipinski definition) is 0. The summed E-state index contributed by atoms with van der Waals surface area (Å²) in [7, 11) is 0. The molecular formula is C22H23Cl2N3S. The van der Waals surface area contributed by atoms with Crippen molar-refractivity contribution in [2.45, 2.75) is 45.6 Å². The van der Waals surface area contributed by atoms with Crippen LogP contribution in [0.3, 0.4) is 0 Å². The van der Waals surface area contributed by atoms with Crippen LogP contribution in [0.5, 0.6) is 0 Å². The van der Waals surface area contributed by atoms with Gasteiger partial charge in [-0.2, -0.15) is 0 Å². The molecule has 0 radical (unpaired) electrons. The van der Waals surface area contributed by atoms with Crippen molar-refractivity contribution >= 4 is 39.7 Å². The number of anilines is 1. The Morgan fingerprint density at radius 3 is 2.71 bits per heavy atom. The number of benzene rings is 1. The molecule has 0 atom stereocenters. The minimum Gasteiger partial charge on any atom is -0.344 e. The summed E-state index contributed by atoms with van der Waals surface area (Å²) in [6, 6.07) is 9.97. The summed E-state index contributed by atoms with van der Waals surface area (Å²) in [4.78, 5) is 13.0. The van der Waals surface area contributed by atoms with Crippen molar-refractivity contribution in [2.24, 2.45) is 0 Å². The first-order chi connectivity index (χ1) is 13.5. The van der Waals surface area contributed by atoms with Gasteiger partial charge in [-0.3, -0.25) is 4.98 Å². The molecule has 146 valence electrons. The zero-order valence-electron chi connectivity index (χ0n) is 16.1. The predicted molar refractivity (Wildman–Crippen MR) is 120 cm³/mol. The molecule has 2 aromatic heterocycles. The fourth-order valence-corrected chi connectivity index (χ4v) is 4.82. The van der Waals surface area contributed by atoms with Crippen molar-refractivity contribution in [3.63, 3.8) is 0 Å². The molecule has 6 heteroatoms. The van der Waals surface area contributed by atoms with Crippen LogP contribution in [0.1, 0.15) is 48.2 Å². The van der Waals surface area contributed by atoms with Crippen LogP contribution in [0.4, 0.5) is 5.13 Å². The lowest BCUT2D eigenvalue weighted by atomic mass is 10.1. The third-order valence-electron chi connectivity index (χ3n) is 4.95. The van der Waals surface area contributed by atoms with E-state index in [0.29, 0.717) is 16.0 Å². The Labute approximate surface area is 180 Å². The summed E-state index contributed by atoms with van der Waals surface area (Å²) < 4.78 is 0. The van der Waals surface area contributed by atoms with Crippen LogP contribution < -0.4 is 4.90 Å². The van der Waals surface area contributed by atoms with Gasteiger partial charge in [-0.1, -0.05) is 30.1 Å². The van der Waals surface area contributed by atoms with Gasteiger partial charge in [-0.05, 0) is 62.1 Å². The Bertz CT molecular complexity index is 982. The highest BCUT2D eigenvalue weighted by Gasteiger charge is 2.25. The maximum atomic E-state index is 6.43. The molecule has 1 saturated carbocycles. The van der Waals surface area contributed by atoms with Gasteiger partial charge in [0.1, 0.15) is 0 Å². The Morgan fingerprint density at radius 2 is 2.00 bits per heavy atom. The lowest BCUT2D eigenvalue weighted by Gasteiger charge is -2.21. The third kappa shape index (κ3) is 4.35. The lowest BCUT2D eigenvalue weighted by molar-refractivity contribution is 0.761. The van der Waals surface area contributed by atoms with E-state index in [4.69, 9.17) is 28.2 Å². The van der Waals surface area contributed by atoms with Gasteiger partial charge in [0, 0.05) is 46.4 Å². The fourth-order valence-electron chi connectivity index (χ4n) is 3.38. The van der Waals surface area contributed by atoms with Gasteiger partial charge >= 0.3 is 0 Å². The Kier molecular flexibility index (Phi) is 5.91. The van der Waals surface area contributed by atoms with Crippen LogP contribution in [0, 0.1) is 6.92 Å². The molecule has 0 N–H and O–H groups in total. The number of thiazole rings is 1. The van der Waals surface area contributed by atoms with E-state index in [0.717, 1.165) is 40.8 Å².